The van der Waals surface area contributed by atoms with E-state index in [2.05, 4.69) is 12.2 Å². The Balaban J connectivity index is 1.50. The molecular formula is C34H43NO7. The van der Waals surface area contributed by atoms with Crippen LogP contribution in [0.2, 0.25) is 0 Å². The van der Waals surface area contributed by atoms with E-state index in [4.69, 9.17) is 18.9 Å². The third kappa shape index (κ3) is 11.8. The van der Waals surface area contributed by atoms with Crippen LogP contribution in [-0.4, -0.2) is 36.5 Å². The van der Waals surface area contributed by atoms with Crippen molar-refractivity contribution in [2.75, 3.05) is 6.61 Å². The van der Waals surface area contributed by atoms with Crippen molar-refractivity contribution in [3.05, 3.63) is 83.6 Å². The van der Waals surface area contributed by atoms with Crippen LogP contribution in [0.5, 0.6) is 5.75 Å². The van der Waals surface area contributed by atoms with Gasteiger partial charge in [0.15, 0.2) is 11.8 Å². The molecule has 1 aliphatic rings. The lowest BCUT2D eigenvalue weighted by Gasteiger charge is -2.30. The molecule has 0 radical (unpaired) electrons. The van der Waals surface area contributed by atoms with Crippen LogP contribution in [-0.2, 0) is 35.0 Å². The van der Waals surface area contributed by atoms with Crippen molar-refractivity contribution < 1.29 is 33.3 Å². The van der Waals surface area contributed by atoms with E-state index in [1.165, 1.54) is 64.9 Å². The van der Waals surface area contributed by atoms with Gasteiger partial charge in [-0.05, 0) is 35.8 Å². The first-order chi connectivity index (χ1) is 20.3. The van der Waals surface area contributed by atoms with Crippen LogP contribution < -0.4 is 10.1 Å². The highest BCUT2D eigenvalue weighted by Crippen LogP contribution is 2.22. The van der Waals surface area contributed by atoms with Crippen LogP contribution in [0.15, 0.2) is 72.4 Å². The lowest BCUT2D eigenvalue weighted by atomic mass is 10.1. The molecule has 42 heavy (non-hydrogen) atoms. The van der Waals surface area contributed by atoms with Gasteiger partial charge >= 0.3 is 17.9 Å². The molecule has 1 saturated heterocycles. The fourth-order valence-electron chi connectivity index (χ4n) is 4.36. The molecular weight excluding hydrogens is 534 g/mol. The van der Waals surface area contributed by atoms with Gasteiger partial charge in [-0.1, -0.05) is 94.3 Å². The molecule has 1 aliphatic heterocycles. The van der Waals surface area contributed by atoms with Crippen LogP contribution in [0.4, 0.5) is 0 Å². The second-order valence-electron chi connectivity index (χ2n) is 10.7. The Bertz CT molecular complexity index is 1180. The summed E-state index contributed by atoms with van der Waals surface area (Å²) in [4.78, 5) is 37.2. The second kappa shape index (κ2) is 17.0. The Kier molecular flexibility index (Phi) is 13.1. The highest BCUT2D eigenvalue weighted by Gasteiger charge is 2.39. The number of carbonyl (C=O) groups excluding carboxylic acids is 3. The largest absolute Gasteiger partial charge is 0.494 e. The van der Waals surface area contributed by atoms with E-state index in [9.17, 15) is 14.4 Å². The maximum Gasteiger partial charge on any atom is 0.350 e. The standard InChI is InChI=1S/C34H43NO7/c1-4-5-6-7-8-9-10-14-23-39-28-20-17-26(18-21-28)19-22-31(36)40-30(24-27-15-12-11-13-16-27)35-25-29-32(37)41-34(2,3)42-33(29)38/h11-13,15-22,25,30,35H,4-10,14,23-24H2,1-3H3. The van der Waals surface area contributed by atoms with Gasteiger partial charge in [0.25, 0.3) is 5.79 Å². The summed E-state index contributed by atoms with van der Waals surface area (Å²) in [6.07, 6.45) is 13.6. The van der Waals surface area contributed by atoms with E-state index in [0.29, 0.717) is 13.0 Å². The van der Waals surface area contributed by atoms with E-state index < -0.39 is 29.9 Å². The third-order valence-electron chi connectivity index (χ3n) is 6.61. The number of rotatable bonds is 17. The van der Waals surface area contributed by atoms with E-state index >= 15 is 0 Å². The van der Waals surface area contributed by atoms with Gasteiger partial charge in [-0.3, -0.25) is 0 Å². The average molecular weight is 578 g/mol. The highest BCUT2D eigenvalue weighted by atomic mass is 16.7. The second-order valence-corrected chi connectivity index (χ2v) is 10.7. The molecule has 226 valence electrons. The van der Waals surface area contributed by atoms with Gasteiger partial charge in [0.05, 0.1) is 6.61 Å². The number of carbonyl (C=O) groups is 3. The number of ether oxygens (including phenoxy) is 4. The Morgan fingerprint density at radius 2 is 1.50 bits per heavy atom. The van der Waals surface area contributed by atoms with Crippen LogP contribution in [0, 0.1) is 0 Å². The molecule has 8 heteroatoms. The molecule has 3 rings (SSSR count). The van der Waals surface area contributed by atoms with Crippen molar-refractivity contribution in [3.8, 4) is 5.75 Å². The van der Waals surface area contributed by atoms with E-state index in [1.807, 2.05) is 54.6 Å². The molecule has 0 amide bonds. The van der Waals surface area contributed by atoms with Crippen molar-refractivity contribution in [2.45, 2.75) is 90.6 Å². The van der Waals surface area contributed by atoms with Crippen LogP contribution in [0.1, 0.15) is 83.3 Å². The summed E-state index contributed by atoms with van der Waals surface area (Å²) in [5.41, 5.74) is 1.39. The molecule has 0 saturated carbocycles. The maximum atomic E-state index is 12.7. The van der Waals surface area contributed by atoms with Gasteiger partial charge in [0, 0.05) is 32.5 Å². The Morgan fingerprint density at radius 3 is 2.14 bits per heavy atom. The Morgan fingerprint density at radius 1 is 0.881 bits per heavy atom. The zero-order valence-electron chi connectivity index (χ0n) is 24.9. The zero-order valence-corrected chi connectivity index (χ0v) is 24.9. The highest BCUT2D eigenvalue weighted by molar-refractivity contribution is 6.15. The number of hydrogen-bond acceptors (Lipinski definition) is 8. The minimum atomic E-state index is -1.34. The van der Waals surface area contributed by atoms with Gasteiger partial charge in [-0.2, -0.15) is 0 Å². The lowest BCUT2D eigenvalue weighted by Crippen LogP contribution is -2.43. The molecule has 1 fully saturated rings. The molecule has 2 aromatic rings. The topological polar surface area (TPSA) is 100 Å². The first-order valence-corrected chi connectivity index (χ1v) is 14.8. The number of cyclic esters (lactones) is 2. The first kappa shape index (κ1) is 32.4. The summed E-state index contributed by atoms with van der Waals surface area (Å²) in [5.74, 6) is -2.78. The fourth-order valence-corrected chi connectivity index (χ4v) is 4.36. The van der Waals surface area contributed by atoms with E-state index in [0.717, 1.165) is 29.5 Å². The number of nitrogens with one attached hydrogen (secondary N) is 1. The van der Waals surface area contributed by atoms with Gasteiger partial charge < -0.3 is 24.3 Å². The number of hydrogen-bond donors (Lipinski definition) is 1. The van der Waals surface area contributed by atoms with Gasteiger partial charge in [-0.25, -0.2) is 14.4 Å². The Labute approximate surface area is 249 Å². The van der Waals surface area contributed by atoms with E-state index in [1.54, 1.807) is 6.08 Å². The van der Waals surface area contributed by atoms with Crippen molar-refractivity contribution in [1.29, 1.82) is 0 Å². The smallest absolute Gasteiger partial charge is 0.350 e. The molecule has 1 heterocycles. The number of benzene rings is 2. The molecule has 2 aromatic carbocycles. The molecule has 1 N–H and O–H groups in total. The third-order valence-corrected chi connectivity index (χ3v) is 6.61. The van der Waals surface area contributed by atoms with Crippen molar-refractivity contribution in [3.63, 3.8) is 0 Å². The first-order valence-electron chi connectivity index (χ1n) is 14.8. The molecule has 0 aromatic heterocycles. The molecule has 1 atom stereocenters. The number of esters is 3. The summed E-state index contributed by atoms with van der Waals surface area (Å²) < 4.78 is 21.7. The monoisotopic (exact) mass is 577 g/mol. The lowest BCUT2D eigenvalue weighted by molar-refractivity contribution is -0.222. The summed E-state index contributed by atoms with van der Waals surface area (Å²) in [7, 11) is 0. The molecule has 0 aliphatic carbocycles. The average Bonchev–Trinajstić information content (AvgIpc) is 2.95. The molecule has 8 nitrogen and oxygen atoms in total. The zero-order chi connectivity index (χ0) is 30.2. The van der Waals surface area contributed by atoms with Crippen LogP contribution >= 0.6 is 0 Å². The Hall–Kier alpha value is -4.07. The minimum Gasteiger partial charge on any atom is -0.494 e. The predicted molar refractivity (Wildman–Crippen MR) is 161 cm³/mol. The summed E-state index contributed by atoms with van der Waals surface area (Å²) >= 11 is 0. The van der Waals surface area contributed by atoms with Gasteiger partial charge in [0.2, 0.25) is 0 Å². The molecule has 0 bridgehead atoms. The SMILES string of the molecule is CCCCCCCCCCOc1ccc(C=CC(=O)OC(Cc2ccccc2)NC=C2C(=O)OC(C)(C)OC2=O)cc1. The fraction of sp³-hybridized carbons (Fsp3) is 0.441. The minimum absolute atomic E-state index is 0.296. The maximum absolute atomic E-state index is 12.7. The van der Waals surface area contributed by atoms with Crippen molar-refractivity contribution >= 4 is 24.0 Å². The van der Waals surface area contributed by atoms with E-state index in [-0.39, 0.29) is 5.57 Å². The summed E-state index contributed by atoms with van der Waals surface area (Å²) in [6.45, 7) is 5.86. The molecule has 0 spiro atoms. The summed E-state index contributed by atoms with van der Waals surface area (Å²) in [5, 5.41) is 2.85. The predicted octanol–water partition coefficient (Wildman–Crippen LogP) is 6.64. The number of unbranched alkanes of at least 4 members (excludes halogenated alkanes) is 7. The quantitative estimate of drug-likeness (QED) is 0.0734. The van der Waals surface area contributed by atoms with Gasteiger partial charge in [-0.15, -0.1) is 0 Å². The van der Waals surface area contributed by atoms with Crippen molar-refractivity contribution in [2.24, 2.45) is 0 Å². The molecule has 1 unspecified atom stereocenters. The van der Waals surface area contributed by atoms with Crippen LogP contribution in [0.3, 0.4) is 0 Å². The normalized spacial score (nSPS) is 15.1. The summed E-state index contributed by atoms with van der Waals surface area (Å²) in [6, 6.07) is 16.9. The van der Waals surface area contributed by atoms with Crippen LogP contribution in [0.25, 0.3) is 6.08 Å². The van der Waals surface area contributed by atoms with Crippen molar-refractivity contribution in [1.82, 2.24) is 5.32 Å². The van der Waals surface area contributed by atoms with Gasteiger partial charge in [0.1, 0.15) is 5.75 Å².